The lowest BCUT2D eigenvalue weighted by molar-refractivity contribution is -0.159. The van der Waals surface area contributed by atoms with Gasteiger partial charge < -0.3 is 9.64 Å². The summed E-state index contributed by atoms with van der Waals surface area (Å²) >= 11 is 0. The van der Waals surface area contributed by atoms with Crippen LogP contribution in [-0.4, -0.2) is 71.5 Å². The molecule has 8 heteroatoms. The predicted molar refractivity (Wildman–Crippen MR) is 86.6 cm³/mol. The summed E-state index contributed by atoms with van der Waals surface area (Å²) < 4.78 is 5.23. The van der Waals surface area contributed by atoms with E-state index in [1.807, 2.05) is 0 Å². The van der Waals surface area contributed by atoms with Gasteiger partial charge in [0.1, 0.15) is 0 Å². The first-order valence-electron chi connectivity index (χ1n) is 7.62. The number of rotatable bonds is 3. The molecule has 24 heavy (non-hydrogen) atoms. The molecule has 2 unspecified atom stereocenters. The Morgan fingerprint density at radius 3 is 2.62 bits per heavy atom. The highest BCUT2D eigenvalue weighted by atomic mass is 16.5. The van der Waals surface area contributed by atoms with Crippen LogP contribution in [0.15, 0.2) is 4.99 Å². The van der Waals surface area contributed by atoms with Crippen molar-refractivity contribution in [2.45, 2.75) is 39.9 Å². The largest absolute Gasteiger partial charge is 0.444 e. The zero-order valence-corrected chi connectivity index (χ0v) is 14.6. The minimum absolute atomic E-state index is 0.252. The number of ether oxygens (including phenoxy) is 1. The molecule has 0 N–H and O–H groups in total. The van der Waals surface area contributed by atoms with Gasteiger partial charge in [0.15, 0.2) is 18.9 Å². The Hall–Kier alpha value is -2.56. The van der Waals surface area contributed by atoms with Gasteiger partial charge in [0.05, 0.1) is 18.3 Å². The van der Waals surface area contributed by atoms with E-state index in [1.54, 1.807) is 32.6 Å². The molecule has 2 atom stereocenters. The topological polar surface area (TPSA) is 82.5 Å². The predicted octanol–water partition coefficient (Wildman–Crippen LogP) is 0.489. The Morgan fingerprint density at radius 1 is 1.38 bits per heavy atom. The second-order valence-electron chi connectivity index (χ2n) is 6.68. The van der Waals surface area contributed by atoms with Crippen LogP contribution in [0.5, 0.6) is 0 Å². The molecule has 2 aliphatic heterocycles. The Labute approximate surface area is 141 Å². The normalized spacial score (nSPS) is 23.1. The highest BCUT2D eigenvalue weighted by molar-refractivity contribution is 6.01. The summed E-state index contributed by atoms with van der Waals surface area (Å²) in [6, 6.07) is -1.19. The van der Waals surface area contributed by atoms with Crippen molar-refractivity contribution in [2.75, 3.05) is 20.3 Å². The fourth-order valence-corrected chi connectivity index (χ4v) is 2.38. The number of nitrogens with zero attached hydrogens (tertiary/aromatic N) is 4. The van der Waals surface area contributed by atoms with E-state index in [0.717, 1.165) is 4.90 Å². The van der Waals surface area contributed by atoms with E-state index in [0.29, 0.717) is 6.54 Å². The SMILES string of the molecule is CC#CCN1C=NC2C1C(=O)N(C)C(=O)N2COC(=O)C(C)(C)C. The van der Waals surface area contributed by atoms with Gasteiger partial charge in [-0.3, -0.25) is 19.4 Å². The second-order valence-corrected chi connectivity index (χ2v) is 6.68. The Balaban J connectivity index is 2.17. The summed E-state index contributed by atoms with van der Waals surface area (Å²) in [7, 11) is 1.40. The average Bonchev–Trinajstić information content (AvgIpc) is 2.93. The molecule has 0 aliphatic carbocycles. The molecule has 8 nitrogen and oxygen atoms in total. The van der Waals surface area contributed by atoms with E-state index in [-0.39, 0.29) is 12.6 Å². The van der Waals surface area contributed by atoms with Crippen LogP contribution < -0.4 is 0 Å². The summed E-state index contributed by atoms with van der Waals surface area (Å²) in [4.78, 5) is 45.0. The number of urea groups is 1. The molecule has 0 spiro atoms. The van der Waals surface area contributed by atoms with Crippen molar-refractivity contribution in [1.29, 1.82) is 0 Å². The fourth-order valence-electron chi connectivity index (χ4n) is 2.38. The monoisotopic (exact) mass is 334 g/mol. The van der Waals surface area contributed by atoms with Gasteiger partial charge in [0, 0.05) is 7.05 Å². The fraction of sp³-hybridized carbons (Fsp3) is 0.625. The molecule has 0 aromatic carbocycles. The second kappa shape index (κ2) is 6.51. The third-order valence-corrected chi connectivity index (χ3v) is 3.83. The van der Waals surface area contributed by atoms with Crippen molar-refractivity contribution in [3.8, 4) is 11.8 Å². The highest BCUT2D eigenvalue weighted by Crippen LogP contribution is 2.26. The maximum absolute atomic E-state index is 12.4. The van der Waals surface area contributed by atoms with E-state index >= 15 is 0 Å². The van der Waals surface area contributed by atoms with Gasteiger partial charge in [-0.1, -0.05) is 5.92 Å². The average molecular weight is 334 g/mol. The molecule has 2 aliphatic rings. The molecule has 1 fully saturated rings. The van der Waals surface area contributed by atoms with Gasteiger partial charge in [-0.25, -0.2) is 9.79 Å². The number of hydrogen-bond donors (Lipinski definition) is 0. The molecule has 0 radical (unpaired) electrons. The maximum atomic E-state index is 12.4. The zero-order valence-electron chi connectivity index (χ0n) is 14.6. The lowest BCUT2D eigenvalue weighted by Gasteiger charge is -2.40. The quantitative estimate of drug-likeness (QED) is 0.554. The van der Waals surface area contributed by atoms with Crippen LogP contribution >= 0.6 is 0 Å². The molecular formula is C16H22N4O4. The van der Waals surface area contributed by atoms with Crippen molar-refractivity contribution < 1.29 is 19.1 Å². The Kier molecular flexibility index (Phi) is 4.83. The summed E-state index contributed by atoms with van der Waals surface area (Å²) in [6.07, 6.45) is 0.801. The number of amides is 3. The molecule has 2 rings (SSSR count). The van der Waals surface area contributed by atoms with E-state index in [2.05, 4.69) is 16.8 Å². The zero-order chi connectivity index (χ0) is 18.1. The lowest BCUT2D eigenvalue weighted by Crippen LogP contribution is -2.65. The van der Waals surface area contributed by atoms with E-state index in [1.165, 1.54) is 18.3 Å². The van der Waals surface area contributed by atoms with Gasteiger partial charge >= 0.3 is 12.0 Å². The van der Waals surface area contributed by atoms with Crippen molar-refractivity contribution in [2.24, 2.45) is 10.4 Å². The van der Waals surface area contributed by atoms with Crippen LogP contribution in [0.2, 0.25) is 0 Å². The van der Waals surface area contributed by atoms with Gasteiger partial charge in [-0.05, 0) is 27.7 Å². The van der Waals surface area contributed by atoms with Crippen LogP contribution in [0.1, 0.15) is 27.7 Å². The molecule has 1 saturated heterocycles. The van der Waals surface area contributed by atoms with Crippen molar-refractivity contribution in [3.63, 3.8) is 0 Å². The Bertz CT molecular complexity index is 641. The van der Waals surface area contributed by atoms with E-state index in [9.17, 15) is 14.4 Å². The smallest absolute Gasteiger partial charge is 0.330 e. The summed E-state index contributed by atoms with van der Waals surface area (Å²) in [5.41, 5.74) is -0.679. The van der Waals surface area contributed by atoms with E-state index < -0.39 is 29.6 Å². The maximum Gasteiger partial charge on any atom is 0.330 e. The number of imide groups is 1. The number of esters is 1. The first kappa shape index (κ1) is 17.8. The number of carbonyl (C=O) groups excluding carboxylic acids is 3. The number of aliphatic imine (C=N–C) groups is 1. The standard InChI is InChI=1S/C16H22N4O4/c1-6-7-8-19-9-17-12-11(19)13(21)18(5)15(23)20(12)10-24-14(22)16(2,3)4/h9,11-12H,8,10H2,1-5H3. The van der Waals surface area contributed by atoms with Gasteiger partial charge in [0.2, 0.25) is 0 Å². The number of likely N-dealkylation sites (N-methyl/N-ethyl adjacent to an activating group) is 1. The van der Waals surface area contributed by atoms with Crippen molar-refractivity contribution in [1.82, 2.24) is 14.7 Å². The third-order valence-electron chi connectivity index (χ3n) is 3.83. The number of hydrogen-bond acceptors (Lipinski definition) is 6. The molecule has 0 saturated carbocycles. The Morgan fingerprint density at radius 2 is 2.04 bits per heavy atom. The molecule has 3 amide bonds. The molecule has 0 bridgehead atoms. The van der Waals surface area contributed by atoms with Crippen LogP contribution in [0.25, 0.3) is 0 Å². The van der Waals surface area contributed by atoms with E-state index in [4.69, 9.17) is 4.74 Å². The van der Waals surface area contributed by atoms with Gasteiger partial charge in [-0.2, -0.15) is 0 Å². The van der Waals surface area contributed by atoms with Crippen LogP contribution in [0.4, 0.5) is 4.79 Å². The van der Waals surface area contributed by atoms with Crippen LogP contribution in [-0.2, 0) is 14.3 Å². The van der Waals surface area contributed by atoms with Crippen LogP contribution in [0.3, 0.4) is 0 Å². The van der Waals surface area contributed by atoms with Crippen molar-refractivity contribution >= 4 is 24.2 Å². The first-order valence-corrected chi connectivity index (χ1v) is 7.62. The number of fused-ring (bicyclic) bond motifs is 1. The molecule has 2 heterocycles. The molecule has 0 aromatic heterocycles. The minimum atomic E-state index is -0.715. The lowest BCUT2D eigenvalue weighted by atomic mass is 9.97. The number of carbonyl (C=O) groups is 3. The van der Waals surface area contributed by atoms with Crippen LogP contribution in [0, 0.1) is 17.3 Å². The molecule has 130 valence electrons. The summed E-state index contributed by atoms with van der Waals surface area (Å²) in [5, 5.41) is 0. The first-order chi connectivity index (χ1) is 11.2. The third kappa shape index (κ3) is 3.20. The highest BCUT2D eigenvalue weighted by Gasteiger charge is 2.50. The summed E-state index contributed by atoms with van der Waals surface area (Å²) in [6.45, 7) is 6.98. The molecular weight excluding hydrogens is 312 g/mol. The summed E-state index contributed by atoms with van der Waals surface area (Å²) in [5.74, 6) is 4.87. The van der Waals surface area contributed by atoms with Crippen molar-refractivity contribution in [3.05, 3.63) is 0 Å². The minimum Gasteiger partial charge on any atom is -0.444 e. The molecule has 0 aromatic rings. The van der Waals surface area contributed by atoms with Gasteiger partial charge in [0.25, 0.3) is 5.91 Å². The van der Waals surface area contributed by atoms with Gasteiger partial charge in [-0.15, -0.1) is 5.92 Å².